The Morgan fingerprint density at radius 1 is 0.806 bits per heavy atom. The van der Waals surface area contributed by atoms with Crippen molar-refractivity contribution in [1.29, 1.82) is 0 Å². The first kappa shape index (κ1) is 44.2. The number of hydrogen-bond donors (Lipinski definition) is 0. The highest BCUT2D eigenvalue weighted by molar-refractivity contribution is 5.51. The van der Waals surface area contributed by atoms with Gasteiger partial charge in [0.2, 0.25) is 11.9 Å². The molecule has 0 unspecified atom stereocenters. The molecule has 2 aliphatic heterocycles. The molecule has 8 nitrogen and oxygen atoms in total. The van der Waals surface area contributed by atoms with Crippen LogP contribution in [0.1, 0.15) is 141 Å². The molecular weight excluding hydrogens is 809 g/mol. The summed E-state index contributed by atoms with van der Waals surface area (Å²) in [6.07, 6.45) is 0.336. The lowest BCUT2D eigenvalue weighted by Gasteiger charge is -2.42. The number of pyridine rings is 1. The van der Waals surface area contributed by atoms with Gasteiger partial charge >= 0.3 is 6.18 Å². The molecule has 0 radical (unpaired) electrons. The Balaban J connectivity index is 1.16. The van der Waals surface area contributed by atoms with Crippen molar-refractivity contribution in [2.24, 2.45) is 5.41 Å². The number of benzene rings is 2. The summed E-state index contributed by atoms with van der Waals surface area (Å²) in [6.45, 7) is 7.60. The average Bonchev–Trinajstić information content (AvgIpc) is 3.25. The monoisotopic (exact) mass is 865 g/mol. The van der Waals surface area contributed by atoms with Gasteiger partial charge in [-0.2, -0.15) is 13.2 Å². The molecule has 0 bridgehead atoms. The van der Waals surface area contributed by atoms with Crippen LogP contribution in [-0.4, -0.2) is 72.2 Å². The maximum atomic E-state index is 17.8. The molecule has 4 heterocycles. The van der Waals surface area contributed by atoms with E-state index in [0.717, 1.165) is 54.9 Å². The fourth-order valence-corrected chi connectivity index (χ4v) is 9.92. The Bertz CT molecular complexity index is 2120. The highest BCUT2D eigenvalue weighted by Gasteiger charge is 2.44. The minimum absolute atomic E-state index is 0.0589. The second kappa shape index (κ2) is 18.0. The Labute approximate surface area is 360 Å². The zero-order valence-corrected chi connectivity index (χ0v) is 36.0. The van der Waals surface area contributed by atoms with Crippen molar-refractivity contribution < 1.29 is 40.6 Å². The molecule has 0 amide bonds. The zero-order valence-electron chi connectivity index (χ0n) is 36.0. The van der Waals surface area contributed by atoms with E-state index in [1.807, 2.05) is 24.3 Å². The number of rotatable bonds is 11. The van der Waals surface area contributed by atoms with Gasteiger partial charge in [-0.15, -0.1) is 0 Å². The van der Waals surface area contributed by atoms with Gasteiger partial charge in [0.15, 0.2) is 11.9 Å². The van der Waals surface area contributed by atoms with E-state index in [0.29, 0.717) is 73.0 Å². The maximum Gasteiger partial charge on any atom is 0.416 e. The molecule has 4 aromatic rings. The summed E-state index contributed by atoms with van der Waals surface area (Å²) in [4.78, 5) is 19.1. The summed E-state index contributed by atoms with van der Waals surface area (Å²) in [5, 5.41) is 0. The summed E-state index contributed by atoms with van der Waals surface area (Å²) in [5.41, 5.74) is 2.84. The number of fused-ring (bicyclic) bond motifs is 1. The number of hydrogen-bond acceptors (Lipinski definition) is 8. The third-order valence-electron chi connectivity index (χ3n) is 13.4. The number of methoxy groups -OCH3 is 1. The molecule has 334 valence electrons. The Morgan fingerprint density at radius 2 is 1.45 bits per heavy atom. The fraction of sp³-hybridized carbons (Fsp3) is 0.562. The lowest BCUT2D eigenvalue weighted by atomic mass is 9.68. The fourth-order valence-electron chi connectivity index (χ4n) is 9.92. The molecule has 0 N–H and O–H groups in total. The first-order valence-corrected chi connectivity index (χ1v) is 22.0. The molecular formula is C48H57F6N5O3. The maximum absolute atomic E-state index is 17.8. The predicted octanol–water partition coefficient (Wildman–Crippen LogP) is 11.3. The van der Waals surface area contributed by atoms with Crippen molar-refractivity contribution in [2.45, 2.75) is 127 Å². The number of nitrogens with zero attached hydrogens (tertiary/aromatic N) is 5. The largest absolute Gasteiger partial charge is 0.497 e. The van der Waals surface area contributed by atoms with Crippen LogP contribution in [0.15, 0.2) is 60.9 Å². The molecule has 14 heteroatoms. The molecule has 3 fully saturated rings. The minimum Gasteiger partial charge on any atom is -0.497 e. The summed E-state index contributed by atoms with van der Waals surface area (Å²) in [7, 11) is 3.70. The van der Waals surface area contributed by atoms with Crippen molar-refractivity contribution >= 4 is 5.95 Å². The third kappa shape index (κ3) is 10.0. The second-order valence-corrected chi connectivity index (χ2v) is 18.6. The van der Waals surface area contributed by atoms with Crippen molar-refractivity contribution in [2.75, 3.05) is 45.2 Å². The second-order valence-electron chi connectivity index (χ2n) is 18.6. The van der Waals surface area contributed by atoms with E-state index in [1.165, 1.54) is 12.1 Å². The topological polar surface area (TPSA) is 72.8 Å². The van der Waals surface area contributed by atoms with E-state index in [-0.39, 0.29) is 55.3 Å². The smallest absolute Gasteiger partial charge is 0.416 e. The molecule has 1 saturated carbocycles. The summed E-state index contributed by atoms with van der Waals surface area (Å²) in [5.74, 6) is -1.59. The van der Waals surface area contributed by atoms with Crippen LogP contribution >= 0.6 is 0 Å². The molecule has 62 heavy (non-hydrogen) atoms. The van der Waals surface area contributed by atoms with E-state index in [1.54, 1.807) is 19.5 Å². The molecule has 0 spiro atoms. The van der Waals surface area contributed by atoms with Crippen LogP contribution in [0, 0.1) is 5.41 Å². The number of anilines is 1. The van der Waals surface area contributed by atoms with E-state index >= 15 is 4.39 Å². The van der Waals surface area contributed by atoms with Crippen LogP contribution < -0.4 is 14.4 Å². The Morgan fingerprint density at radius 3 is 2.06 bits per heavy atom. The standard InChI is InChI=1S/C48H57F6N5O3/c1-46(2)25-38-41(39(26-46)61-29-30-5-11-35(60-4)12-6-30)40(31-13-19-47(50,51)20-14-31)42(43(49)32-7-9-34(10-8-32)48(52,53)54)44(57-38)33-15-23-59(24-16-33)45-55-27-37(28-56-45)62-36-17-21-58(3)22-18-36/h5-12,27-28,31,33,36,39,43H,13-26,29H2,1-4H3/t39-,43-/m0/s1. The van der Waals surface area contributed by atoms with E-state index in [2.05, 4.69) is 40.7 Å². The summed E-state index contributed by atoms with van der Waals surface area (Å²) in [6, 6.07) is 11.7. The first-order chi connectivity index (χ1) is 29.6. The minimum atomic E-state index is -4.60. The van der Waals surface area contributed by atoms with Crippen molar-refractivity contribution in [3.63, 3.8) is 0 Å². The number of likely N-dealkylation sites (tertiary alicyclic amines) is 1. The third-order valence-corrected chi connectivity index (χ3v) is 13.4. The van der Waals surface area contributed by atoms with Gasteiger partial charge in [0, 0.05) is 61.8 Å². The van der Waals surface area contributed by atoms with Gasteiger partial charge in [0.1, 0.15) is 11.9 Å². The van der Waals surface area contributed by atoms with Gasteiger partial charge in [0.25, 0.3) is 0 Å². The number of alkyl halides is 6. The SMILES string of the molecule is COc1ccc(CO[C@H]2CC(C)(C)Cc3nc(C4CCN(c5ncc(OC6CCN(C)CC6)cn5)CC4)c([C@@H](F)c4ccc(C(F)(F)F)cc4)c(C4CCC(F)(F)CC4)c32)cc1. The van der Waals surface area contributed by atoms with Crippen LogP contribution in [-0.2, 0) is 23.9 Å². The first-order valence-electron chi connectivity index (χ1n) is 22.0. The number of ether oxygens (including phenoxy) is 3. The molecule has 8 rings (SSSR count). The van der Waals surface area contributed by atoms with Gasteiger partial charge in [-0.1, -0.05) is 38.1 Å². The van der Waals surface area contributed by atoms with Crippen molar-refractivity contribution in [1.82, 2.24) is 19.9 Å². The highest BCUT2D eigenvalue weighted by Crippen LogP contribution is 2.53. The number of aromatic nitrogens is 3. The molecule has 2 atom stereocenters. The lowest BCUT2D eigenvalue weighted by Crippen LogP contribution is -2.36. The normalized spacial score (nSPS) is 22.0. The summed E-state index contributed by atoms with van der Waals surface area (Å²) >= 11 is 0. The highest BCUT2D eigenvalue weighted by atomic mass is 19.4. The van der Waals surface area contributed by atoms with Crippen LogP contribution in [0.2, 0.25) is 0 Å². The van der Waals surface area contributed by atoms with Gasteiger partial charge < -0.3 is 24.0 Å². The Kier molecular flexibility index (Phi) is 12.8. The zero-order chi connectivity index (χ0) is 43.8. The van der Waals surface area contributed by atoms with Gasteiger partial charge in [-0.3, -0.25) is 4.98 Å². The summed E-state index contributed by atoms with van der Waals surface area (Å²) < 4.78 is 107. The molecule has 2 aromatic heterocycles. The molecule has 4 aliphatic rings. The van der Waals surface area contributed by atoms with Crippen molar-refractivity contribution in [3.8, 4) is 11.5 Å². The van der Waals surface area contributed by atoms with E-state index in [4.69, 9.17) is 19.2 Å². The van der Waals surface area contributed by atoms with Crippen LogP contribution in [0.25, 0.3) is 0 Å². The Hall–Kier alpha value is -4.43. The molecule has 2 aromatic carbocycles. The van der Waals surface area contributed by atoms with E-state index in [9.17, 15) is 22.0 Å². The number of halogens is 6. The van der Waals surface area contributed by atoms with Crippen molar-refractivity contribution in [3.05, 3.63) is 106 Å². The van der Waals surface area contributed by atoms with Gasteiger partial charge in [0.05, 0.1) is 43.5 Å². The van der Waals surface area contributed by atoms with Crippen LogP contribution in [0.5, 0.6) is 11.5 Å². The van der Waals surface area contributed by atoms with Crippen LogP contribution in [0.3, 0.4) is 0 Å². The van der Waals surface area contributed by atoms with Gasteiger partial charge in [-0.05, 0) is 111 Å². The predicted molar refractivity (Wildman–Crippen MR) is 225 cm³/mol. The quantitative estimate of drug-likeness (QED) is 0.138. The number of piperidine rings is 2. The molecule has 2 saturated heterocycles. The van der Waals surface area contributed by atoms with Crippen LogP contribution in [0.4, 0.5) is 32.3 Å². The lowest BCUT2D eigenvalue weighted by molar-refractivity contribution is -0.137. The molecule has 2 aliphatic carbocycles. The van der Waals surface area contributed by atoms with E-state index < -0.39 is 35.9 Å². The average molecular weight is 866 g/mol. The van der Waals surface area contributed by atoms with Gasteiger partial charge in [-0.25, -0.2) is 23.1 Å².